The molecule has 0 saturated carbocycles. The fraction of sp³-hybridized carbons (Fsp3) is 0.892. The average molecular weight is 630 g/mol. The molecule has 0 aliphatic heterocycles. The van der Waals surface area contributed by atoms with Crippen LogP contribution in [0.1, 0.15) is 160 Å². The molecule has 0 rings (SSSR count). The van der Waals surface area contributed by atoms with Crippen molar-refractivity contribution < 1.29 is 28.9 Å². The monoisotopic (exact) mass is 630 g/mol. The Hall–Kier alpha value is -1.44. The number of rotatable bonds is 23. The maximum atomic E-state index is 12.6. The summed E-state index contributed by atoms with van der Waals surface area (Å²) in [6.45, 7) is 30.8. The first-order valence-corrected chi connectivity index (χ1v) is 17.5. The smallest absolute Gasteiger partial charge is 0.311 e. The molecule has 2 atom stereocenters. The molecule has 2 unspecified atom stereocenters. The zero-order valence-electron chi connectivity index (χ0n) is 31.3. The minimum Gasteiger partial charge on any atom is -0.499 e. The van der Waals surface area contributed by atoms with Gasteiger partial charge in [-0.15, -0.1) is 0 Å². The maximum Gasteiger partial charge on any atom is 0.311 e. The van der Waals surface area contributed by atoms with Gasteiger partial charge in [0.05, 0.1) is 31.1 Å². The highest BCUT2D eigenvalue weighted by Gasteiger charge is 2.34. The number of nitrogens with one attached hydrogen (secondary N) is 1. The van der Waals surface area contributed by atoms with Crippen molar-refractivity contribution in [3.05, 3.63) is 12.3 Å². The topological polar surface area (TPSA) is 94.1 Å². The standard InChI is InChI=1S/C22H42O3.C12H25NO3.C3H8/c1-7-11-15-20(9-3)18-25-22(6,10-4)21(23)16-13-12-14-17-24-19(5)8-2;1-11(2,3)8-12(4,5)10(15)16-7-6-13-9-14;1-3-2/h20H,5,7-18H2,1-4,6H3;13-14H,6-9H2,1-5H3;3H2,1-2H3. The minimum absolute atomic E-state index is 0.0943. The SMILES string of the molecule is C=C(CC)OCCCCCC(=O)C(C)(CC)OCC(CC)CCCC.CC(C)(C)CC(C)(C)C(=O)OCCNCO.CCC. The molecule has 0 spiro atoms. The maximum absolute atomic E-state index is 12.6. The number of ketones is 1. The Bertz CT molecular complexity index is 715. The molecule has 0 aromatic rings. The third kappa shape index (κ3) is 26.9. The largest absolute Gasteiger partial charge is 0.499 e. The van der Waals surface area contributed by atoms with Gasteiger partial charge in [-0.25, -0.2) is 0 Å². The van der Waals surface area contributed by atoms with Gasteiger partial charge in [-0.2, -0.15) is 0 Å². The predicted octanol–water partition coefficient (Wildman–Crippen LogP) is 9.41. The number of esters is 1. The summed E-state index contributed by atoms with van der Waals surface area (Å²) in [6, 6.07) is 0. The molecule has 0 aromatic heterocycles. The van der Waals surface area contributed by atoms with E-state index in [2.05, 4.69) is 67.3 Å². The van der Waals surface area contributed by atoms with E-state index in [1.165, 1.54) is 25.7 Å². The fourth-order valence-corrected chi connectivity index (χ4v) is 4.62. The van der Waals surface area contributed by atoms with E-state index >= 15 is 0 Å². The van der Waals surface area contributed by atoms with Gasteiger partial charge in [0.15, 0.2) is 5.78 Å². The van der Waals surface area contributed by atoms with Crippen LogP contribution in [0.25, 0.3) is 0 Å². The Morgan fingerprint density at radius 2 is 1.48 bits per heavy atom. The van der Waals surface area contributed by atoms with Crippen LogP contribution >= 0.6 is 0 Å². The molecule has 7 nitrogen and oxygen atoms in total. The molecule has 0 heterocycles. The minimum atomic E-state index is -0.618. The van der Waals surface area contributed by atoms with Crippen LogP contribution in [0.5, 0.6) is 0 Å². The Morgan fingerprint density at radius 1 is 0.864 bits per heavy atom. The summed E-state index contributed by atoms with van der Waals surface area (Å²) in [7, 11) is 0. The number of ether oxygens (including phenoxy) is 3. The number of aliphatic hydroxyl groups excluding tert-OH is 1. The third-order valence-electron chi connectivity index (χ3n) is 7.34. The molecule has 0 fully saturated rings. The lowest BCUT2D eigenvalue weighted by molar-refractivity contribution is -0.155. The number of Topliss-reactive ketones (excluding diaryl/α,β-unsaturated/α-hetero) is 1. The first kappa shape index (κ1) is 47.0. The molecule has 2 N–H and O–H groups in total. The van der Waals surface area contributed by atoms with Gasteiger partial charge in [0, 0.05) is 19.4 Å². The number of hydrogen-bond donors (Lipinski definition) is 2. The zero-order chi connectivity index (χ0) is 34.7. The van der Waals surface area contributed by atoms with Crippen molar-refractivity contribution in [1.82, 2.24) is 5.32 Å². The normalized spacial score (nSPS) is 13.4. The quantitative estimate of drug-likeness (QED) is 0.0503. The summed E-state index contributed by atoms with van der Waals surface area (Å²) in [5.74, 6) is 1.49. The van der Waals surface area contributed by atoms with E-state index in [9.17, 15) is 9.59 Å². The number of aliphatic hydroxyl groups is 1. The van der Waals surface area contributed by atoms with Crippen LogP contribution in [-0.4, -0.2) is 55.6 Å². The lowest BCUT2D eigenvalue weighted by atomic mass is 9.76. The first-order chi connectivity index (χ1) is 20.5. The molecule has 44 heavy (non-hydrogen) atoms. The highest BCUT2D eigenvalue weighted by atomic mass is 16.5. The molecule has 264 valence electrons. The number of unbranched alkanes of at least 4 members (excludes halogenated alkanes) is 3. The van der Waals surface area contributed by atoms with Crippen LogP contribution in [0.15, 0.2) is 12.3 Å². The second-order valence-corrected chi connectivity index (χ2v) is 13.9. The van der Waals surface area contributed by atoms with Crippen molar-refractivity contribution in [2.45, 2.75) is 166 Å². The number of carbonyl (C=O) groups excluding carboxylic acids is 2. The van der Waals surface area contributed by atoms with E-state index < -0.39 is 11.0 Å². The van der Waals surface area contributed by atoms with Crippen molar-refractivity contribution in [2.75, 3.05) is 33.1 Å². The zero-order valence-corrected chi connectivity index (χ0v) is 31.3. The molecule has 0 aliphatic carbocycles. The van der Waals surface area contributed by atoms with Gasteiger partial charge >= 0.3 is 5.97 Å². The molecule has 0 aliphatic rings. The van der Waals surface area contributed by atoms with Crippen LogP contribution in [0.2, 0.25) is 0 Å². The summed E-state index contributed by atoms with van der Waals surface area (Å²) in [5, 5.41) is 11.2. The van der Waals surface area contributed by atoms with Gasteiger partial charge in [0.25, 0.3) is 0 Å². The summed E-state index contributed by atoms with van der Waals surface area (Å²) < 4.78 is 16.8. The van der Waals surface area contributed by atoms with Crippen molar-refractivity contribution >= 4 is 11.8 Å². The van der Waals surface area contributed by atoms with Crippen LogP contribution in [0.4, 0.5) is 0 Å². The fourth-order valence-electron chi connectivity index (χ4n) is 4.62. The van der Waals surface area contributed by atoms with Crippen LogP contribution < -0.4 is 5.32 Å². The molecule has 7 heteroatoms. The summed E-state index contributed by atoms with van der Waals surface area (Å²) >= 11 is 0. The third-order valence-corrected chi connectivity index (χ3v) is 7.34. The van der Waals surface area contributed by atoms with E-state index in [0.29, 0.717) is 38.7 Å². The van der Waals surface area contributed by atoms with Crippen LogP contribution in [0.3, 0.4) is 0 Å². The molecule has 0 bridgehead atoms. The predicted molar refractivity (Wildman–Crippen MR) is 187 cm³/mol. The Kier molecular flexibility index (Phi) is 29.7. The summed E-state index contributed by atoms with van der Waals surface area (Å²) in [6.07, 6.45) is 11.9. The van der Waals surface area contributed by atoms with Crippen molar-refractivity contribution in [2.24, 2.45) is 16.7 Å². The second-order valence-electron chi connectivity index (χ2n) is 13.9. The van der Waals surface area contributed by atoms with Gasteiger partial charge in [-0.05, 0) is 70.6 Å². The molecule has 0 radical (unpaired) electrons. The first-order valence-electron chi connectivity index (χ1n) is 17.5. The Morgan fingerprint density at radius 3 is 1.95 bits per heavy atom. The van der Waals surface area contributed by atoms with Gasteiger partial charge in [0.2, 0.25) is 0 Å². The number of allylic oxidation sites excluding steroid dienone is 1. The van der Waals surface area contributed by atoms with Crippen LogP contribution in [0, 0.1) is 16.7 Å². The van der Waals surface area contributed by atoms with Crippen molar-refractivity contribution in [3.8, 4) is 0 Å². The summed E-state index contributed by atoms with van der Waals surface area (Å²) in [5.41, 5.74) is -0.976. The number of carbonyl (C=O) groups is 2. The lowest BCUT2D eigenvalue weighted by Crippen LogP contribution is -2.39. The molecule has 0 amide bonds. The van der Waals surface area contributed by atoms with Crippen LogP contribution in [-0.2, 0) is 23.8 Å². The lowest BCUT2D eigenvalue weighted by Gasteiger charge is -2.30. The average Bonchev–Trinajstić information content (AvgIpc) is 2.96. The molecule has 0 aromatic carbocycles. The van der Waals surface area contributed by atoms with E-state index in [4.69, 9.17) is 19.3 Å². The number of hydrogen-bond acceptors (Lipinski definition) is 7. The Labute approximate surface area is 273 Å². The Balaban J connectivity index is -0.000000758. The molecular weight excluding hydrogens is 554 g/mol. The van der Waals surface area contributed by atoms with E-state index in [1.807, 2.05) is 27.7 Å². The van der Waals surface area contributed by atoms with Crippen molar-refractivity contribution in [3.63, 3.8) is 0 Å². The molecule has 0 saturated heterocycles. The van der Waals surface area contributed by atoms with Gasteiger partial charge in [-0.3, -0.25) is 14.9 Å². The molecular formula is C37H75NO6. The van der Waals surface area contributed by atoms with Crippen molar-refractivity contribution in [1.29, 1.82) is 0 Å². The second kappa shape index (κ2) is 27.8. The highest BCUT2D eigenvalue weighted by molar-refractivity contribution is 5.86. The van der Waals surface area contributed by atoms with Gasteiger partial charge in [-0.1, -0.05) is 94.6 Å². The van der Waals surface area contributed by atoms with Gasteiger partial charge in [0.1, 0.15) is 12.2 Å². The summed E-state index contributed by atoms with van der Waals surface area (Å²) in [4.78, 5) is 24.4. The van der Waals surface area contributed by atoms with E-state index in [0.717, 1.165) is 50.7 Å². The van der Waals surface area contributed by atoms with E-state index in [1.54, 1.807) is 0 Å². The van der Waals surface area contributed by atoms with Gasteiger partial charge < -0.3 is 19.3 Å². The highest BCUT2D eigenvalue weighted by Crippen LogP contribution is 2.34. The van der Waals surface area contributed by atoms with E-state index in [-0.39, 0.29) is 23.9 Å².